The third kappa shape index (κ3) is 3.20. The maximum Gasteiger partial charge on any atom is 0.417 e. The smallest absolute Gasteiger partial charge is 0.328 e. The maximum atomic E-state index is 13.3. The van der Waals surface area contributed by atoms with Crippen LogP contribution in [0.1, 0.15) is 30.5 Å². The van der Waals surface area contributed by atoms with Crippen molar-refractivity contribution in [3.63, 3.8) is 0 Å². The van der Waals surface area contributed by atoms with Gasteiger partial charge in [0, 0.05) is 11.4 Å². The maximum absolute atomic E-state index is 13.3. The third-order valence-electron chi connectivity index (χ3n) is 4.83. The molecule has 2 aromatic carbocycles. The Kier molecular flexibility index (Phi) is 4.84. The number of thiol groups is 1. The molecular formula is C20H18F3N3OS. The van der Waals surface area contributed by atoms with Crippen molar-refractivity contribution < 1.29 is 18.0 Å². The molecule has 28 heavy (non-hydrogen) atoms. The van der Waals surface area contributed by atoms with Crippen LogP contribution in [0.2, 0.25) is 0 Å². The first kappa shape index (κ1) is 20.1. The Balaban J connectivity index is 2.10. The van der Waals surface area contributed by atoms with Crippen molar-refractivity contribution in [2.45, 2.75) is 38.0 Å². The summed E-state index contributed by atoms with van der Waals surface area (Å²) >= 11 is 4.54. The van der Waals surface area contributed by atoms with Gasteiger partial charge in [-0.3, -0.25) is 9.69 Å². The number of benzene rings is 2. The summed E-state index contributed by atoms with van der Waals surface area (Å²) in [6.07, 6.45) is -4.71. The van der Waals surface area contributed by atoms with E-state index in [0.29, 0.717) is 0 Å². The Morgan fingerprint density at radius 2 is 1.68 bits per heavy atom. The average molecular weight is 405 g/mol. The van der Waals surface area contributed by atoms with E-state index in [-0.39, 0.29) is 11.6 Å². The molecule has 1 aliphatic rings. The SMILES string of the molecule is Cc1ccc(N2C(S)N(c3ccc(C#N)c(C(F)(F)F)c3)C(=O)C2(C)C)cc1. The monoisotopic (exact) mass is 405 g/mol. The quantitative estimate of drug-likeness (QED) is 0.735. The normalized spacial score (nSPS) is 19.1. The van der Waals surface area contributed by atoms with Crippen molar-refractivity contribution in [1.29, 1.82) is 5.26 Å². The minimum absolute atomic E-state index is 0.0408. The highest BCUT2D eigenvalue weighted by atomic mass is 32.1. The molecule has 0 aliphatic carbocycles. The lowest BCUT2D eigenvalue weighted by Gasteiger charge is -2.33. The number of alkyl halides is 3. The zero-order valence-electron chi connectivity index (χ0n) is 15.4. The van der Waals surface area contributed by atoms with Gasteiger partial charge in [0.05, 0.1) is 17.2 Å². The highest BCUT2D eigenvalue weighted by Crippen LogP contribution is 2.42. The molecule has 1 heterocycles. The third-order valence-corrected chi connectivity index (χ3v) is 5.29. The minimum atomic E-state index is -4.71. The highest BCUT2D eigenvalue weighted by molar-refractivity contribution is 7.81. The number of nitriles is 1. The van der Waals surface area contributed by atoms with Crippen LogP contribution >= 0.6 is 12.6 Å². The molecule has 0 aromatic heterocycles. The highest BCUT2D eigenvalue weighted by Gasteiger charge is 2.51. The number of carbonyl (C=O) groups excluding carboxylic acids is 1. The standard InChI is InChI=1S/C20H18F3N3OS/c1-12-4-7-14(8-5-12)26-18(28)25(17(27)19(26,2)3)15-9-6-13(11-24)16(10-15)20(21,22)23/h4-10,18,28H,1-3H3. The molecule has 146 valence electrons. The molecule has 1 fully saturated rings. The van der Waals surface area contributed by atoms with E-state index in [0.717, 1.165) is 23.4 Å². The van der Waals surface area contributed by atoms with Gasteiger partial charge in [-0.05, 0) is 51.1 Å². The summed E-state index contributed by atoms with van der Waals surface area (Å²) < 4.78 is 40.0. The number of aryl methyl sites for hydroxylation is 1. The largest absolute Gasteiger partial charge is 0.417 e. The second-order valence-corrected chi connectivity index (χ2v) is 7.59. The van der Waals surface area contributed by atoms with Gasteiger partial charge in [0.15, 0.2) is 5.50 Å². The second kappa shape index (κ2) is 6.74. The Bertz CT molecular complexity index is 964. The molecule has 0 bridgehead atoms. The van der Waals surface area contributed by atoms with Crippen LogP contribution in [0.15, 0.2) is 42.5 Å². The van der Waals surface area contributed by atoms with Crippen molar-refractivity contribution in [3.8, 4) is 6.07 Å². The molecule has 4 nitrogen and oxygen atoms in total. The molecule has 2 aromatic rings. The first-order chi connectivity index (χ1) is 13.0. The number of hydrogen-bond donors (Lipinski definition) is 1. The van der Waals surface area contributed by atoms with Crippen molar-refractivity contribution >= 4 is 29.9 Å². The number of carbonyl (C=O) groups is 1. The number of amides is 1. The molecule has 0 spiro atoms. The molecule has 8 heteroatoms. The van der Waals surface area contributed by atoms with Crippen molar-refractivity contribution in [2.24, 2.45) is 0 Å². The minimum Gasteiger partial charge on any atom is -0.328 e. The number of nitrogens with zero attached hydrogens (tertiary/aromatic N) is 3. The van der Waals surface area contributed by atoms with Gasteiger partial charge in [-0.2, -0.15) is 18.4 Å². The summed E-state index contributed by atoms with van der Waals surface area (Å²) in [4.78, 5) is 16.1. The van der Waals surface area contributed by atoms with Crippen molar-refractivity contribution in [1.82, 2.24) is 0 Å². The van der Waals surface area contributed by atoms with Crippen LogP contribution in [-0.2, 0) is 11.0 Å². The first-order valence-electron chi connectivity index (χ1n) is 8.47. The van der Waals surface area contributed by atoms with Crippen LogP contribution in [0.25, 0.3) is 0 Å². The van der Waals surface area contributed by atoms with E-state index in [1.165, 1.54) is 11.0 Å². The Labute approximate surface area is 166 Å². The summed E-state index contributed by atoms with van der Waals surface area (Å²) in [5.74, 6) is -0.383. The van der Waals surface area contributed by atoms with Gasteiger partial charge in [0.25, 0.3) is 5.91 Å². The van der Waals surface area contributed by atoms with Crippen LogP contribution < -0.4 is 9.80 Å². The molecule has 3 rings (SSSR count). The Morgan fingerprint density at radius 3 is 2.21 bits per heavy atom. The lowest BCUT2D eigenvalue weighted by atomic mass is 10.0. The fraction of sp³-hybridized carbons (Fsp3) is 0.300. The van der Waals surface area contributed by atoms with Gasteiger partial charge in [0.2, 0.25) is 0 Å². The van der Waals surface area contributed by atoms with Crippen LogP contribution in [0.3, 0.4) is 0 Å². The Morgan fingerprint density at radius 1 is 1.11 bits per heavy atom. The predicted molar refractivity (Wildman–Crippen MR) is 104 cm³/mol. The van der Waals surface area contributed by atoms with Crippen LogP contribution in [0.5, 0.6) is 0 Å². The molecule has 1 amide bonds. The van der Waals surface area contributed by atoms with Crippen molar-refractivity contribution in [2.75, 3.05) is 9.80 Å². The van der Waals surface area contributed by atoms with E-state index in [2.05, 4.69) is 12.6 Å². The van der Waals surface area contributed by atoms with Gasteiger partial charge in [-0.15, -0.1) is 12.6 Å². The number of hydrogen-bond acceptors (Lipinski definition) is 4. The van der Waals surface area contributed by atoms with Gasteiger partial charge >= 0.3 is 6.18 Å². The van der Waals surface area contributed by atoms with Gasteiger partial charge in [-0.25, -0.2) is 0 Å². The average Bonchev–Trinajstić information content (AvgIpc) is 2.79. The predicted octanol–water partition coefficient (Wildman–Crippen LogP) is 4.73. The summed E-state index contributed by atoms with van der Waals surface area (Å²) in [6.45, 7) is 5.34. The van der Waals surface area contributed by atoms with Gasteiger partial charge < -0.3 is 4.90 Å². The van der Waals surface area contributed by atoms with E-state index in [9.17, 15) is 18.0 Å². The van der Waals surface area contributed by atoms with Crippen LogP contribution in [-0.4, -0.2) is 16.9 Å². The van der Waals surface area contributed by atoms with Crippen LogP contribution in [0.4, 0.5) is 24.5 Å². The molecule has 1 aliphatic heterocycles. The van der Waals surface area contributed by atoms with E-state index < -0.39 is 28.3 Å². The molecule has 0 N–H and O–H groups in total. The fourth-order valence-corrected chi connectivity index (χ4v) is 3.99. The summed E-state index contributed by atoms with van der Waals surface area (Å²) in [7, 11) is 0. The zero-order valence-corrected chi connectivity index (χ0v) is 16.3. The topological polar surface area (TPSA) is 47.3 Å². The Hall–Kier alpha value is -2.66. The second-order valence-electron chi connectivity index (χ2n) is 7.13. The first-order valence-corrected chi connectivity index (χ1v) is 8.99. The summed E-state index contributed by atoms with van der Waals surface area (Å²) in [6, 6.07) is 12.3. The summed E-state index contributed by atoms with van der Waals surface area (Å²) in [5.41, 5.74) is -1.58. The number of rotatable bonds is 2. The molecule has 1 saturated heterocycles. The lowest BCUT2D eigenvalue weighted by Crippen LogP contribution is -2.44. The molecule has 0 radical (unpaired) electrons. The number of halogens is 3. The van der Waals surface area contributed by atoms with E-state index in [4.69, 9.17) is 5.26 Å². The fourth-order valence-electron chi connectivity index (χ4n) is 3.33. The van der Waals surface area contributed by atoms with Crippen LogP contribution in [0, 0.1) is 18.3 Å². The van der Waals surface area contributed by atoms with E-state index >= 15 is 0 Å². The number of anilines is 2. The molecule has 1 unspecified atom stereocenters. The van der Waals surface area contributed by atoms with Gasteiger partial charge in [-0.1, -0.05) is 17.7 Å². The van der Waals surface area contributed by atoms with Crippen molar-refractivity contribution in [3.05, 3.63) is 59.2 Å². The molecule has 1 atom stereocenters. The van der Waals surface area contributed by atoms with E-state index in [1.54, 1.807) is 24.8 Å². The molecule has 0 saturated carbocycles. The summed E-state index contributed by atoms with van der Waals surface area (Å²) in [5, 5.41) is 8.98. The zero-order chi connectivity index (χ0) is 20.9. The lowest BCUT2D eigenvalue weighted by molar-refractivity contribution is -0.137. The van der Waals surface area contributed by atoms with E-state index in [1.807, 2.05) is 31.2 Å². The molecular weight excluding hydrogens is 387 g/mol. The van der Waals surface area contributed by atoms with Gasteiger partial charge in [0.1, 0.15) is 5.54 Å².